The number of nitrogens with zero attached hydrogens (tertiary/aromatic N) is 1. The van der Waals surface area contributed by atoms with Crippen LogP contribution in [0.2, 0.25) is 10.0 Å². The molecule has 0 radical (unpaired) electrons. The van der Waals surface area contributed by atoms with Gasteiger partial charge in [0.2, 0.25) is 5.91 Å². The van der Waals surface area contributed by atoms with E-state index >= 15 is 0 Å². The third-order valence-electron chi connectivity index (χ3n) is 8.64. The molecule has 0 aromatic heterocycles. The van der Waals surface area contributed by atoms with Gasteiger partial charge in [-0.1, -0.05) is 41.4 Å². The molecule has 2 aromatic carbocycles. The second-order valence-electron chi connectivity index (χ2n) is 10.9. The molecule has 7 heteroatoms. The fourth-order valence-electron chi connectivity index (χ4n) is 6.57. The summed E-state index contributed by atoms with van der Waals surface area (Å²) < 4.78 is 12.1. The van der Waals surface area contributed by atoms with Gasteiger partial charge in [-0.25, -0.2) is 0 Å². The number of nitrogens with one attached hydrogen (secondary N) is 1. The first-order valence-corrected chi connectivity index (χ1v) is 13.8. The smallest absolute Gasteiger partial charge is 0.224 e. The topological polar surface area (TPSA) is 50.8 Å². The molecule has 3 fully saturated rings. The van der Waals surface area contributed by atoms with E-state index in [-0.39, 0.29) is 29.4 Å². The summed E-state index contributed by atoms with van der Waals surface area (Å²) in [5.41, 5.74) is 1.62. The number of piperidine rings is 1. The minimum atomic E-state index is -0.294. The van der Waals surface area contributed by atoms with Crippen molar-refractivity contribution < 1.29 is 14.3 Å². The van der Waals surface area contributed by atoms with Crippen LogP contribution in [-0.4, -0.2) is 56.3 Å². The Bertz CT molecular complexity index is 1110. The summed E-state index contributed by atoms with van der Waals surface area (Å²) in [4.78, 5) is 15.7. The van der Waals surface area contributed by atoms with Crippen molar-refractivity contribution in [3.8, 4) is 5.75 Å². The molecule has 3 atom stereocenters. The monoisotopic (exact) mass is 530 g/mol. The van der Waals surface area contributed by atoms with E-state index in [9.17, 15) is 4.79 Å². The van der Waals surface area contributed by atoms with Gasteiger partial charge in [0, 0.05) is 31.7 Å². The standard InChI is InChI=1S/C29H36Cl2N2O3/c1-35-24-5-3-4-22(16-24)28-12-13-33(18-20-6-7-20)19-29(28,36-2)11-10-23(17-28)32-27(34)15-21-8-9-25(30)26(31)14-21/h3-5,8-9,14,16,20,23H,6-7,10-13,15,17-19H2,1-2H3,(H,32,34). The van der Waals surface area contributed by atoms with Crippen LogP contribution in [0.25, 0.3) is 0 Å². The van der Waals surface area contributed by atoms with Crippen molar-refractivity contribution in [3.63, 3.8) is 0 Å². The molecule has 5 nitrogen and oxygen atoms in total. The van der Waals surface area contributed by atoms with Crippen molar-refractivity contribution in [2.45, 2.75) is 62.0 Å². The molecule has 2 aliphatic carbocycles. The molecule has 1 N–H and O–H groups in total. The summed E-state index contributed by atoms with van der Waals surface area (Å²) in [6, 6.07) is 13.9. The fraction of sp³-hybridized carbons (Fsp3) is 0.552. The summed E-state index contributed by atoms with van der Waals surface area (Å²) in [5.74, 6) is 1.72. The normalized spacial score (nSPS) is 28.4. The highest BCUT2D eigenvalue weighted by atomic mass is 35.5. The number of halogens is 2. The van der Waals surface area contributed by atoms with Crippen molar-refractivity contribution >= 4 is 29.1 Å². The Morgan fingerprint density at radius 1 is 1.08 bits per heavy atom. The molecule has 1 amide bonds. The van der Waals surface area contributed by atoms with E-state index in [1.54, 1.807) is 19.2 Å². The summed E-state index contributed by atoms with van der Waals surface area (Å²) in [5, 5.41) is 4.31. The fourth-order valence-corrected chi connectivity index (χ4v) is 6.89. The van der Waals surface area contributed by atoms with Crippen molar-refractivity contribution in [1.29, 1.82) is 0 Å². The van der Waals surface area contributed by atoms with Gasteiger partial charge in [-0.05, 0) is 86.4 Å². The van der Waals surface area contributed by atoms with Crippen LogP contribution in [-0.2, 0) is 21.4 Å². The van der Waals surface area contributed by atoms with Crippen LogP contribution >= 0.6 is 23.2 Å². The SMILES string of the molecule is COc1cccc(C23CCN(CC4CC4)CC2(OC)CCC(NC(=O)Cc2ccc(Cl)c(Cl)c2)C3)c1. The van der Waals surface area contributed by atoms with E-state index < -0.39 is 0 Å². The van der Waals surface area contributed by atoms with Crippen LogP contribution in [0, 0.1) is 5.92 Å². The maximum absolute atomic E-state index is 13.1. The molecular formula is C29H36Cl2N2O3. The first-order chi connectivity index (χ1) is 17.4. The first-order valence-electron chi connectivity index (χ1n) is 13.0. The largest absolute Gasteiger partial charge is 0.497 e. The predicted octanol–water partition coefficient (Wildman–Crippen LogP) is 5.65. The summed E-state index contributed by atoms with van der Waals surface area (Å²) in [6.45, 7) is 3.15. The van der Waals surface area contributed by atoms with E-state index in [4.69, 9.17) is 32.7 Å². The van der Waals surface area contributed by atoms with E-state index in [0.717, 1.165) is 56.0 Å². The van der Waals surface area contributed by atoms with E-state index in [2.05, 4.69) is 28.4 Å². The summed E-state index contributed by atoms with van der Waals surface area (Å²) in [6.07, 6.45) is 6.63. The Balaban J connectivity index is 1.39. The number of hydrogen-bond acceptors (Lipinski definition) is 4. The number of rotatable bonds is 8. The molecule has 36 heavy (non-hydrogen) atoms. The maximum atomic E-state index is 13.1. The number of methoxy groups -OCH3 is 2. The van der Waals surface area contributed by atoms with Gasteiger partial charge in [0.1, 0.15) is 5.75 Å². The van der Waals surface area contributed by atoms with E-state index in [0.29, 0.717) is 10.0 Å². The van der Waals surface area contributed by atoms with Gasteiger partial charge >= 0.3 is 0 Å². The van der Waals surface area contributed by atoms with Crippen LogP contribution in [0.4, 0.5) is 0 Å². The number of carbonyl (C=O) groups is 1. The second kappa shape index (κ2) is 10.5. The lowest BCUT2D eigenvalue weighted by Crippen LogP contribution is -2.68. The average molecular weight is 532 g/mol. The Hall–Kier alpha value is -1.79. The summed E-state index contributed by atoms with van der Waals surface area (Å²) in [7, 11) is 3.59. The van der Waals surface area contributed by atoms with Crippen molar-refractivity contribution in [2.75, 3.05) is 33.9 Å². The molecule has 0 bridgehead atoms. The average Bonchev–Trinajstić information content (AvgIpc) is 3.70. The Labute approximate surface area is 224 Å². The van der Waals surface area contributed by atoms with E-state index in [1.807, 2.05) is 19.2 Å². The highest BCUT2D eigenvalue weighted by Crippen LogP contribution is 2.54. The number of hydrogen-bond donors (Lipinski definition) is 1. The molecule has 2 aromatic rings. The molecule has 1 aliphatic heterocycles. The minimum absolute atomic E-state index is 0.00951. The molecule has 3 aliphatic rings. The van der Waals surface area contributed by atoms with Gasteiger partial charge in [0.15, 0.2) is 0 Å². The molecule has 5 rings (SSSR count). The minimum Gasteiger partial charge on any atom is -0.497 e. The number of benzene rings is 2. The third kappa shape index (κ3) is 5.13. The van der Waals surface area contributed by atoms with E-state index in [1.165, 1.54) is 24.9 Å². The molecule has 2 saturated carbocycles. The zero-order valence-electron chi connectivity index (χ0n) is 21.2. The first kappa shape index (κ1) is 25.8. The quantitative estimate of drug-likeness (QED) is 0.478. The van der Waals surface area contributed by atoms with Gasteiger partial charge < -0.3 is 19.7 Å². The van der Waals surface area contributed by atoms with Crippen LogP contribution in [0.15, 0.2) is 42.5 Å². The Morgan fingerprint density at radius 3 is 2.64 bits per heavy atom. The number of amides is 1. The Morgan fingerprint density at radius 2 is 1.92 bits per heavy atom. The molecule has 0 spiro atoms. The van der Waals surface area contributed by atoms with Crippen LogP contribution in [0.3, 0.4) is 0 Å². The molecule has 1 saturated heterocycles. The van der Waals surface area contributed by atoms with Crippen molar-refractivity contribution in [3.05, 3.63) is 63.6 Å². The van der Waals surface area contributed by atoms with Gasteiger partial charge in [0.05, 0.1) is 29.2 Å². The predicted molar refractivity (Wildman–Crippen MR) is 144 cm³/mol. The molecule has 1 heterocycles. The van der Waals surface area contributed by atoms with Gasteiger partial charge in [-0.15, -0.1) is 0 Å². The third-order valence-corrected chi connectivity index (χ3v) is 9.38. The lowest BCUT2D eigenvalue weighted by atomic mass is 9.55. The maximum Gasteiger partial charge on any atom is 0.224 e. The zero-order valence-corrected chi connectivity index (χ0v) is 22.7. The lowest BCUT2D eigenvalue weighted by Gasteiger charge is -2.60. The Kier molecular flexibility index (Phi) is 7.56. The summed E-state index contributed by atoms with van der Waals surface area (Å²) >= 11 is 12.2. The number of fused-ring (bicyclic) bond motifs is 1. The van der Waals surface area contributed by atoms with Gasteiger partial charge in [0.25, 0.3) is 0 Å². The van der Waals surface area contributed by atoms with Crippen molar-refractivity contribution in [2.24, 2.45) is 5.92 Å². The second-order valence-corrected chi connectivity index (χ2v) is 11.7. The zero-order chi connectivity index (χ0) is 25.3. The molecule has 194 valence electrons. The highest BCUT2D eigenvalue weighted by Gasteiger charge is 2.59. The number of ether oxygens (including phenoxy) is 2. The van der Waals surface area contributed by atoms with Crippen LogP contribution in [0.1, 0.15) is 49.7 Å². The molecule has 3 unspecified atom stereocenters. The lowest BCUT2D eigenvalue weighted by molar-refractivity contribution is -0.151. The highest BCUT2D eigenvalue weighted by molar-refractivity contribution is 6.42. The van der Waals surface area contributed by atoms with Gasteiger partial charge in [-0.2, -0.15) is 0 Å². The van der Waals surface area contributed by atoms with Gasteiger partial charge in [-0.3, -0.25) is 4.79 Å². The number of carbonyl (C=O) groups excluding carboxylic acids is 1. The van der Waals surface area contributed by atoms with Crippen LogP contribution in [0.5, 0.6) is 5.75 Å². The number of likely N-dealkylation sites (tertiary alicyclic amines) is 1. The van der Waals surface area contributed by atoms with Crippen LogP contribution < -0.4 is 10.1 Å². The molecular weight excluding hydrogens is 495 g/mol. The van der Waals surface area contributed by atoms with Crippen molar-refractivity contribution in [1.82, 2.24) is 10.2 Å².